The third-order valence-corrected chi connectivity index (χ3v) is 2.03. The molecule has 1 saturated heterocycles. The van der Waals surface area contributed by atoms with Gasteiger partial charge in [-0.3, -0.25) is 4.90 Å². The molecule has 1 aliphatic heterocycles. The molecule has 70 valence electrons. The maximum absolute atomic E-state index is 10.6. The first kappa shape index (κ1) is 9.68. The lowest BCUT2D eigenvalue weighted by atomic mass is 10.2. The predicted molar refractivity (Wildman–Crippen MR) is 49.2 cm³/mol. The van der Waals surface area contributed by atoms with Gasteiger partial charge in [0.2, 0.25) is 0 Å². The van der Waals surface area contributed by atoms with Crippen molar-refractivity contribution in [3.63, 3.8) is 0 Å². The number of ketones is 1. The molecule has 12 heavy (non-hydrogen) atoms. The molecule has 1 N–H and O–H groups in total. The summed E-state index contributed by atoms with van der Waals surface area (Å²) < 4.78 is 0. The van der Waals surface area contributed by atoms with Gasteiger partial charge in [-0.2, -0.15) is 0 Å². The third kappa shape index (κ3) is 5.27. The summed E-state index contributed by atoms with van der Waals surface area (Å²) in [5.41, 5.74) is 0. The fourth-order valence-electron chi connectivity index (χ4n) is 1.12. The van der Waals surface area contributed by atoms with Gasteiger partial charge < -0.3 is 10.1 Å². The molecule has 0 unspecified atom stereocenters. The average molecular weight is 170 g/mol. The second-order valence-electron chi connectivity index (χ2n) is 3.40. The molecule has 0 aromatic rings. The van der Waals surface area contributed by atoms with Crippen LogP contribution in [0.4, 0.5) is 0 Å². The maximum Gasteiger partial charge on any atom is 0.129 e. The molecule has 1 rings (SSSR count). The Morgan fingerprint density at radius 1 is 1.42 bits per heavy atom. The van der Waals surface area contributed by atoms with Gasteiger partial charge in [0.25, 0.3) is 0 Å². The van der Waals surface area contributed by atoms with Gasteiger partial charge in [0.15, 0.2) is 0 Å². The summed E-state index contributed by atoms with van der Waals surface area (Å²) in [5, 5.41) is 3.32. The molecule has 0 amide bonds. The van der Waals surface area contributed by atoms with E-state index in [9.17, 15) is 4.79 Å². The van der Waals surface area contributed by atoms with E-state index in [0.717, 1.165) is 25.9 Å². The molecule has 0 aromatic carbocycles. The number of nitrogens with zero attached hydrogens (tertiary/aromatic N) is 1. The summed E-state index contributed by atoms with van der Waals surface area (Å²) in [7, 11) is 0. The predicted octanol–water partition coefficient (Wildman–Crippen LogP) is 0.261. The van der Waals surface area contributed by atoms with Gasteiger partial charge in [0.05, 0.1) is 0 Å². The Labute approximate surface area is 74.1 Å². The van der Waals surface area contributed by atoms with Crippen molar-refractivity contribution >= 4 is 5.78 Å². The zero-order chi connectivity index (χ0) is 8.81. The Bertz CT molecular complexity index is 143. The Morgan fingerprint density at radius 3 is 2.75 bits per heavy atom. The molecule has 0 saturated carbocycles. The molecule has 0 bridgehead atoms. The van der Waals surface area contributed by atoms with Gasteiger partial charge in [-0.05, 0) is 19.9 Å². The first-order valence-electron chi connectivity index (χ1n) is 4.71. The van der Waals surface area contributed by atoms with E-state index in [1.165, 1.54) is 19.6 Å². The van der Waals surface area contributed by atoms with Crippen LogP contribution in [0, 0.1) is 0 Å². The maximum atomic E-state index is 10.6. The Balaban J connectivity index is 1.73. The van der Waals surface area contributed by atoms with Gasteiger partial charge >= 0.3 is 0 Å². The second kappa shape index (κ2) is 5.27. The van der Waals surface area contributed by atoms with E-state index in [1.807, 2.05) is 0 Å². The van der Waals surface area contributed by atoms with Crippen LogP contribution in [-0.4, -0.2) is 43.4 Å². The van der Waals surface area contributed by atoms with Gasteiger partial charge in [0, 0.05) is 32.6 Å². The smallest absolute Gasteiger partial charge is 0.129 e. The summed E-state index contributed by atoms with van der Waals surface area (Å²) in [6, 6.07) is 0. The highest BCUT2D eigenvalue weighted by molar-refractivity contribution is 5.75. The van der Waals surface area contributed by atoms with Crippen molar-refractivity contribution < 1.29 is 4.79 Å². The van der Waals surface area contributed by atoms with Gasteiger partial charge in [0.1, 0.15) is 5.78 Å². The molecule has 1 heterocycles. The summed E-state index contributed by atoms with van der Waals surface area (Å²) in [5.74, 6) is 0.294. The Kier molecular flexibility index (Phi) is 4.25. The Hall–Kier alpha value is -0.410. The lowest BCUT2D eigenvalue weighted by Gasteiger charge is -2.03. The minimum atomic E-state index is 0.294. The van der Waals surface area contributed by atoms with E-state index in [0.29, 0.717) is 5.78 Å². The lowest BCUT2D eigenvalue weighted by Crippen LogP contribution is -2.23. The fourth-order valence-corrected chi connectivity index (χ4v) is 1.12. The van der Waals surface area contributed by atoms with Crippen LogP contribution in [0.1, 0.15) is 19.8 Å². The van der Waals surface area contributed by atoms with Crippen LogP contribution in [0.25, 0.3) is 0 Å². The lowest BCUT2D eigenvalue weighted by molar-refractivity contribution is -0.117. The van der Waals surface area contributed by atoms with Gasteiger partial charge in [-0.25, -0.2) is 0 Å². The second-order valence-corrected chi connectivity index (χ2v) is 3.40. The van der Waals surface area contributed by atoms with Crippen molar-refractivity contribution in [2.24, 2.45) is 0 Å². The topological polar surface area (TPSA) is 32.1 Å². The van der Waals surface area contributed by atoms with Crippen LogP contribution in [0.5, 0.6) is 0 Å². The van der Waals surface area contributed by atoms with Crippen LogP contribution >= 0.6 is 0 Å². The number of carbonyl (C=O) groups is 1. The van der Waals surface area contributed by atoms with E-state index in [1.54, 1.807) is 6.92 Å². The number of nitrogens with one attached hydrogen (secondary N) is 1. The molecule has 0 aliphatic carbocycles. The van der Waals surface area contributed by atoms with Crippen molar-refractivity contribution in [1.82, 2.24) is 10.2 Å². The number of Topliss-reactive ketones (excluding diaryl/α,β-unsaturated/α-hetero) is 1. The molecular weight excluding hydrogens is 152 g/mol. The van der Waals surface area contributed by atoms with Crippen molar-refractivity contribution in [3.8, 4) is 0 Å². The van der Waals surface area contributed by atoms with Crippen molar-refractivity contribution in [2.45, 2.75) is 19.8 Å². The standard InChI is InChI=1S/C9H18N2O/c1-9(12)3-2-4-10-5-6-11-7-8-11/h10H,2-8H2,1H3. The zero-order valence-corrected chi connectivity index (χ0v) is 7.81. The average Bonchev–Trinajstić information content (AvgIpc) is 2.79. The quantitative estimate of drug-likeness (QED) is 0.439. The highest BCUT2D eigenvalue weighted by Crippen LogP contribution is 1.99. The molecule has 0 aromatic heterocycles. The number of rotatable bonds is 7. The van der Waals surface area contributed by atoms with Crippen LogP contribution in [0.15, 0.2) is 0 Å². The van der Waals surface area contributed by atoms with E-state index < -0.39 is 0 Å². The molecule has 3 nitrogen and oxygen atoms in total. The molecule has 0 atom stereocenters. The molecule has 3 heteroatoms. The van der Waals surface area contributed by atoms with E-state index in [-0.39, 0.29) is 0 Å². The highest BCUT2D eigenvalue weighted by atomic mass is 16.1. The fraction of sp³-hybridized carbons (Fsp3) is 0.889. The first-order chi connectivity index (χ1) is 5.79. The molecule has 0 spiro atoms. The molecular formula is C9H18N2O. The van der Waals surface area contributed by atoms with Crippen LogP contribution in [0.3, 0.4) is 0 Å². The summed E-state index contributed by atoms with van der Waals surface area (Å²) in [6.45, 7) is 7.41. The van der Waals surface area contributed by atoms with Crippen LogP contribution in [0.2, 0.25) is 0 Å². The molecule has 1 aliphatic rings. The summed E-state index contributed by atoms with van der Waals surface area (Å²) in [6.07, 6.45) is 1.70. The SMILES string of the molecule is CC(=O)CCCNCCN1CC1. The van der Waals surface area contributed by atoms with Crippen molar-refractivity contribution in [1.29, 1.82) is 0 Å². The van der Waals surface area contributed by atoms with E-state index in [2.05, 4.69) is 10.2 Å². The van der Waals surface area contributed by atoms with Gasteiger partial charge in [-0.1, -0.05) is 0 Å². The minimum absolute atomic E-state index is 0.294. The van der Waals surface area contributed by atoms with Crippen molar-refractivity contribution in [2.75, 3.05) is 32.7 Å². The zero-order valence-electron chi connectivity index (χ0n) is 7.81. The van der Waals surface area contributed by atoms with Crippen LogP contribution < -0.4 is 5.32 Å². The third-order valence-electron chi connectivity index (χ3n) is 2.03. The Morgan fingerprint density at radius 2 is 2.17 bits per heavy atom. The summed E-state index contributed by atoms with van der Waals surface area (Å²) >= 11 is 0. The van der Waals surface area contributed by atoms with Crippen molar-refractivity contribution in [3.05, 3.63) is 0 Å². The number of carbonyl (C=O) groups excluding carboxylic acids is 1. The molecule has 1 fully saturated rings. The summed E-state index contributed by atoms with van der Waals surface area (Å²) in [4.78, 5) is 12.9. The minimum Gasteiger partial charge on any atom is -0.315 e. The molecule has 0 radical (unpaired) electrons. The van der Waals surface area contributed by atoms with E-state index >= 15 is 0 Å². The normalized spacial score (nSPS) is 16.4. The van der Waals surface area contributed by atoms with E-state index in [4.69, 9.17) is 0 Å². The highest BCUT2D eigenvalue weighted by Gasteiger charge is 2.14. The van der Waals surface area contributed by atoms with Crippen LogP contribution in [-0.2, 0) is 4.79 Å². The monoisotopic (exact) mass is 170 g/mol. The number of hydrogen-bond acceptors (Lipinski definition) is 3. The first-order valence-corrected chi connectivity index (χ1v) is 4.71. The largest absolute Gasteiger partial charge is 0.315 e. The van der Waals surface area contributed by atoms with Gasteiger partial charge in [-0.15, -0.1) is 0 Å². The number of hydrogen-bond donors (Lipinski definition) is 1.